The Hall–Kier alpha value is -0.580. The van der Waals surface area contributed by atoms with Gasteiger partial charge in [-0.1, -0.05) is 28.1 Å². The normalized spacial score (nSPS) is 19.4. The summed E-state index contributed by atoms with van der Waals surface area (Å²) in [5.74, 6) is 1.04. The molecule has 0 bridgehead atoms. The molecular weight excluding hydrogens is 388 g/mol. The number of carbonyl (C=O) groups is 1. The van der Waals surface area contributed by atoms with E-state index in [0.717, 1.165) is 36.4 Å². The average molecular weight is 416 g/mol. The number of carbonyl (C=O) groups excluding carboxylic acids is 1. The van der Waals surface area contributed by atoms with Gasteiger partial charge in [0.1, 0.15) is 0 Å². The van der Waals surface area contributed by atoms with Crippen molar-refractivity contribution in [3.63, 3.8) is 0 Å². The van der Waals surface area contributed by atoms with Crippen molar-refractivity contribution in [1.82, 2.24) is 10.2 Å². The lowest BCUT2D eigenvalue weighted by molar-refractivity contribution is -0.130. The second-order valence-corrected chi connectivity index (χ2v) is 8.18. The SMILES string of the molecule is CN(CC1(c2ccc(Br)cc2)CC1)C(=O)CCC1CCNCC1.Cl. The maximum absolute atomic E-state index is 12.5. The molecule has 1 aliphatic carbocycles. The number of hydrogen-bond donors (Lipinski definition) is 1. The van der Waals surface area contributed by atoms with E-state index in [0.29, 0.717) is 12.3 Å². The number of hydrogen-bond acceptors (Lipinski definition) is 2. The van der Waals surface area contributed by atoms with Crippen molar-refractivity contribution in [3.05, 3.63) is 34.3 Å². The lowest BCUT2D eigenvalue weighted by Gasteiger charge is -2.26. The zero-order valence-electron chi connectivity index (χ0n) is 14.4. The first-order valence-corrected chi connectivity index (χ1v) is 9.59. The van der Waals surface area contributed by atoms with E-state index < -0.39 is 0 Å². The van der Waals surface area contributed by atoms with Gasteiger partial charge in [0.15, 0.2) is 0 Å². The molecule has 5 heteroatoms. The number of nitrogens with zero attached hydrogens (tertiary/aromatic N) is 1. The molecule has 0 spiro atoms. The van der Waals surface area contributed by atoms with Crippen LogP contribution >= 0.6 is 28.3 Å². The first-order chi connectivity index (χ1) is 11.1. The molecule has 24 heavy (non-hydrogen) atoms. The van der Waals surface area contributed by atoms with Gasteiger partial charge >= 0.3 is 0 Å². The van der Waals surface area contributed by atoms with Crippen LogP contribution < -0.4 is 5.32 Å². The van der Waals surface area contributed by atoms with Gasteiger partial charge in [0.05, 0.1) is 0 Å². The first kappa shape index (κ1) is 19.7. The van der Waals surface area contributed by atoms with Crippen LogP contribution in [0.5, 0.6) is 0 Å². The van der Waals surface area contributed by atoms with Crippen LogP contribution in [-0.2, 0) is 10.2 Å². The Bertz CT molecular complexity index is 539. The van der Waals surface area contributed by atoms with Crippen LogP contribution in [0.4, 0.5) is 0 Å². The number of halogens is 2. The predicted octanol–water partition coefficient (Wildman–Crippen LogP) is 4.14. The lowest BCUT2D eigenvalue weighted by Crippen LogP contribution is -2.35. The smallest absolute Gasteiger partial charge is 0.222 e. The molecule has 1 saturated carbocycles. The van der Waals surface area contributed by atoms with Crippen LogP contribution in [0.1, 0.15) is 44.1 Å². The summed E-state index contributed by atoms with van der Waals surface area (Å²) >= 11 is 3.50. The molecule has 1 aliphatic heterocycles. The standard InChI is InChI=1S/C19H27BrN2O.ClH/c1-22(18(23)7-2-15-8-12-21-13-9-15)14-19(10-11-19)16-3-5-17(20)6-4-16;/h3-6,15,21H,2,7-14H2,1H3;1H. The Morgan fingerprint density at radius 3 is 2.46 bits per heavy atom. The van der Waals surface area contributed by atoms with Crippen LogP contribution in [-0.4, -0.2) is 37.5 Å². The average Bonchev–Trinajstić information content (AvgIpc) is 3.34. The van der Waals surface area contributed by atoms with Crippen molar-refractivity contribution in [2.75, 3.05) is 26.7 Å². The third-order valence-corrected chi connectivity index (χ3v) is 6.03. The van der Waals surface area contributed by atoms with Crippen molar-refractivity contribution >= 4 is 34.2 Å². The van der Waals surface area contributed by atoms with E-state index in [1.807, 2.05) is 11.9 Å². The fourth-order valence-electron chi connectivity index (χ4n) is 3.72. The summed E-state index contributed by atoms with van der Waals surface area (Å²) in [6, 6.07) is 8.61. The van der Waals surface area contributed by atoms with E-state index in [2.05, 4.69) is 45.5 Å². The molecule has 2 fully saturated rings. The molecule has 1 aromatic carbocycles. The molecule has 0 aromatic heterocycles. The van der Waals surface area contributed by atoms with Gasteiger partial charge in [0.2, 0.25) is 5.91 Å². The first-order valence-electron chi connectivity index (χ1n) is 8.80. The van der Waals surface area contributed by atoms with Crippen LogP contribution in [0.2, 0.25) is 0 Å². The molecule has 3 nitrogen and oxygen atoms in total. The predicted molar refractivity (Wildman–Crippen MR) is 105 cm³/mol. The Kier molecular flexibility index (Phi) is 7.14. The van der Waals surface area contributed by atoms with Crippen LogP contribution in [0, 0.1) is 5.92 Å². The van der Waals surface area contributed by atoms with Gasteiger partial charge in [0, 0.05) is 29.9 Å². The van der Waals surface area contributed by atoms with Gasteiger partial charge in [-0.15, -0.1) is 12.4 Å². The minimum atomic E-state index is 0. The third kappa shape index (κ3) is 4.96. The number of nitrogens with one attached hydrogen (secondary N) is 1. The zero-order valence-corrected chi connectivity index (χ0v) is 16.8. The number of amides is 1. The molecule has 134 valence electrons. The molecule has 3 rings (SSSR count). The second-order valence-electron chi connectivity index (χ2n) is 7.27. The van der Waals surface area contributed by atoms with E-state index in [1.54, 1.807) is 0 Å². The Balaban J connectivity index is 0.00000208. The van der Waals surface area contributed by atoms with Crippen LogP contribution in [0.25, 0.3) is 0 Å². The van der Waals surface area contributed by atoms with Crippen molar-refractivity contribution < 1.29 is 4.79 Å². The van der Waals surface area contributed by atoms with E-state index in [4.69, 9.17) is 0 Å². The fourth-order valence-corrected chi connectivity index (χ4v) is 3.99. The minimum Gasteiger partial charge on any atom is -0.345 e. The third-order valence-electron chi connectivity index (χ3n) is 5.50. The maximum Gasteiger partial charge on any atom is 0.222 e. The molecule has 0 unspecified atom stereocenters. The Labute approximate surface area is 160 Å². The van der Waals surface area contributed by atoms with Gasteiger partial charge in [-0.2, -0.15) is 0 Å². The molecule has 1 aromatic rings. The highest BCUT2D eigenvalue weighted by atomic mass is 79.9. The summed E-state index contributed by atoms with van der Waals surface area (Å²) in [6.45, 7) is 3.09. The molecule has 0 atom stereocenters. The number of rotatable bonds is 6. The van der Waals surface area contributed by atoms with Gasteiger partial charge in [0.25, 0.3) is 0 Å². The number of likely N-dealkylation sites (N-methyl/N-ethyl adjacent to an activating group) is 1. The summed E-state index contributed by atoms with van der Waals surface area (Å²) in [7, 11) is 1.98. The second kappa shape index (κ2) is 8.68. The summed E-state index contributed by atoms with van der Waals surface area (Å²) in [6.07, 6.45) is 6.59. The van der Waals surface area contributed by atoms with E-state index >= 15 is 0 Å². The number of piperidine rings is 1. The van der Waals surface area contributed by atoms with Crippen molar-refractivity contribution in [3.8, 4) is 0 Å². The van der Waals surface area contributed by atoms with E-state index in [-0.39, 0.29) is 17.8 Å². The van der Waals surface area contributed by atoms with Gasteiger partial charge in [-0.3, -0.25) is 4.79 Å². The zero-order chi connectivity index (χ0) is 16.3. The highest BCUT2D eigenvalue weighted by Crippen LogP contribution is 2.48. The Morgan fingerprint density at radius 1 is 1.25 bits per heavy atom. The lowest BCUT2D eigenvalue weighted by atomic mass is 9.92. The largest absolute Gasteiger partial charge is 0.345 e. The van der Waals surface area contributed by atoms with Gasteiger partial charge < -0.3 is 10.2 Å². The molecule has 1 N–H and O–H groups in total. The molecule has 0 radical (unpaired) electrons. The fraction of sp³-hybridized carbons (Fsp3) is 0.632. The maximum atomic E-state index is 12.5. The van der Waals surface area contributed by atoms with Crippen molar-refractivity contribution in [2.45, 2.75) is 43.9 Å². The minimum absolute atomic E-state index is 0. The number of benzene rings is 1. The molecular formula is C19H28BrClN2O. The van der Waals surface area contributed by atoms with Crippen LogP contribution in [0.3, 0.4) is 0 Å². The molecule has 1 amide bonds. The highest BCUT2D eigenvalue weighted by molar-refractivity contribution is 9.10. The molecule has 1 heterocycles. The van der Waals surface area contributed by atoms with Gasteiger partial charge in [-0.05, 0) is 68.8 Å². The van der Waals surface area contributed by atoms with Gasteiger partial charge in [-0.25, -0.2) is 0 Å². The summed E-state index contributed by atoms with van der Waals surface area (Å²) in [5, 5.41) is 3.39. The molecule has 1 saturated heterocycles. The van der Waals surface area contributed by atoms with Crippen LogP contribution in [0.15, 0.2) is 28.7 Å². The quantitative estimate of drug-likeness (QED) is 0.757. The highest BCUT2D eigenvalue weighted by Gasteiger charge is 2.45. The van der Waals surface area contributed by atoms with Crippen molar-refractivity contribution in [2.24, 2.45) is 5.92 Å². The summed E-state index contributed by atoms with van der Waals surface area (Å²) < 4.78 is 1.11. The van der Waals surface area contributed by atoms with Crippen molar-refractivity contribution in [1.29, 1.82) is 0 Å². The molecule has 2 aliphatic rings. The summed E-state index contributed by atoms with van der Waals surface area (Å²) in [4.78, 5) is 14.4. The summed E-state index contributed by atoms with van der Waals surface area (Å²) in [5.41, 5.74) is 1.58. The van der Waals surface area contributed by atoms with E-state index in [1.165, 1.54) is 31.2 Å². The Morgan fingerprint density at radius 2 is 1.88 bits per heavy atom. The monoisotopic (exact) mass is 414 g/mol. The van der Waals surface area contributed by atoms with E-state index in [9.17, 15) is 4.79 Å². The topological polar surface area (TPSA) is 32.3 Å².